The SMILES string of the molecule is CC(C)N(CCN1Cc2cccc(N)c2C1)C(C)C. The third kappa shape index (κ3) is 3.28. The Morgan fingerprint density at radius 1 is 1.16 bits per heavy atom. The van der Waals surface area contributed by atoms with E-state index in [1.54, 1.807) is 0 Å². The summed E-state index contributed by atoms with van der Waals surface area (Å²) in [7, 11) is 0. The Labute approximate surface area is 117 Å². The van der Waals surface area contributed by atoms with E-state index in [4.69, 9.17) is 5.73 Å². The highest BCUT2D eigenvalue weighted by atomic mass is 15.2. The first-order chi connectivity index (χ1) is 8.99. The number of nitrogens with zero attached hydrogens (tertiary/aromatic N) is 2. The molecule has 0 radical (unpaired) electrons. The highest BCUT2D eigenvalue weighted by Crippen LogP contribution is 2.27. The van der Waals surface area contributed by atoms with Crippen LogP contribution < -0.4 is 5.73 Å². The van der Waals surface area contributed by atoms with Gasteiger partial charge in [0.25, 0.3) is 0 Å². The van der Waals surface area contributed by atoms with E-state index in [0.29, 0.717) is 12.1 Å². The van der Waals surface area contributed by atoms with Crippen molar-refractivity contribution in [1.82, 2.24) is 9.80 Å². The van der Waals surface area contributed by atoms with Gasteiger partial charge < -0.3 is 5.73 Å². The molecule has 2 rings (SSSR count). The minimum Gasteiger partial charge on any atom is -0.398 e. The monoisotopic (exact) mass is 261 g/mol. The normalized spacial score (nSPS) is 15.7. The summed E-state index contributed by atoms with van der Waals surface area (Å²) in [6.07, 6.45) is 0. The lowest BCUT2D eigenvalue weighted by Crippen LogP contribution is -2.41. The van der Waals surface area contributed by atoms with E-state index < -0.39 is 0 Å². The largest absolute Gasteiger partial charge is 0.398 e. The molecule has 0 fully saturated rings. The fraction of sp³-hybridized carbons (Fsp3) is 0.625. The Hall–Kier alpha value is -1.06. The maximum absolute atomic E-state index is 6.05. The van der Waals surface area contributed by atoms with Crippen LogP contribution in [-0.2, 0) is 13.1 Å². The van der Waals surface area contributed by atoms with Gasteiger partial charge in [-0.05, 0) is 44.9 Å². The standard InChI is InChI=1S/C16H27N3/c1-12(2)19(13(3)4)9-8-18-10-14-6-5-7-16(17)15(14)11-18/h5-7,12-13H,8-11,17H2,1-4H3. The predicted octanol–water partition coefficient (Wildman–Crippen LogP) is 2.70. The van der Waals surface area contributed by atoms with Gasteiger partial charge in [-0.15, -0.1) is 0 Å². The molecule has 1 aliphatic heterocycles. The Balaban J connectivity index is 1.92. The summed E-state index contributed by atoms with van der Waals surface area (Å²) >= 11 is 0. The third-order valence-electron chi connectivity index (χ3n) is 4.09. The van der Waals surface area contributed by atoms with Crippen LogP contribution in [0.15, 0.2) is 18.2 Å². The van der Waals surface area contributed by atoms with Crippen molar-refractivity contribution in [3.63, 3.8) is 0 Å². The molecule has 0 saturated heterocycles. The fourth-order valence-electron chi connectivity index (χ4n) is 3.04. The first-order valence-corrected chi connectivity index (χ1v) is 7.33. The van der Waals surface area contributed by atoms with E-state index in [9.17, 15) is 0 Å². The van der Waals surface area contributed by atoms with E-state index in [-0.39, 0.29) is 0 Å². The average Bonchev–Trinajstić information content (AvgIpc) is 2.72. The van der Waals surface area contributed by atoms with Gasteiger partial charge in [-0.25, -0.2) is 0 Å². The van der Waals surface area contributed by atoms with Crippen molar-refractivity contribution in [2.24, 2.45) is 0 Å². The lowest BCUT2D eigenvalue weighted by Gasteiger charge is -2.32. The zero-order chi connectivity index (χ0) is 14.0. The predicted molar refractivity (Wildman–Crippen MR) is 81.9 cm³/mol. The van der Waals surface area contributed by atoms with Crippen LogP contribution in [0.25, 0.3) is 0 Å². The molecule has 0 spiro atoms. The van der Waals surface area contributed by atoms with E-state index in [1.807, 2.05) is 6.07 Å². The molecule has 3 nitrogen and oxygen atoms in total. The van der Waals surface area contributed by atoms with Gasteiger partial charge in [-0.2, -0.15) is 0 Å². The zero-order valence-corrected chi connectivity index (χ0v) is 12.7. The Morgan fingerprint density at radius 2 is 1.84 bits per heavy atom. The first-order valence-electron chi connectivity index (χ1n) is 7.33. The van der Waals surface area contributed by atoms with Crippen LogP contribution >= 0.6 is 0 Å². The minimum atomic E-state index is 0.607. The minimum absolute atomic E-state index is 0.607. The van der Waals surface area contributed by atoms with E-state index in [1.165, 1.54) is 11.1 Å². The summed E-state index contributed by atoms with van der Waals surface area (Å²) in [5.41, 5.74) is 9.74. The van der Waals surface area contributed by atoms with Crippen LogP contribution in [-0.4, -0.2) is 35.0 Å². The molecule has 1 aromatic rings. The molecule has 19 heavy (non-hydrogen) atoms. The second-order valence-corrected chi connectivity index (χ2v) is 6.12. The van der Waals surface area contributed by atoms with Gasteiger partial charge >= 0.3 is 0 Å². The van der Waals surface area contributed by atoms with Gasteiger partial charge in [0.05, 0.1) is 0 Å². The van der Waals surface area contributed by atoms with Crippen LogP contribution in [0.1, 0.15) is 38.8 Å². The van der Waals surface area contributed by atoms with Gasteiger partial charge in [0.1, 0.15) is 0 Å². The van der Waals surface area contributed by atoms with Gasteiger partial charge in [-0.3, -0.25) is 9.80 Å². The molecule has 0 saturated carbocycles. The molecule has 0 amide bonds. The molecule has 1 aromatic carbocycles. The number of nitrogen functional groups attached to an aromatic ring is 1. The average molecular weight is 261 g/mol. The van der Waals surface area contributed by atoms with Crippen LogP contribution in [0.2, 0.25) is 0 Å². The van der Waals surface area contributed by atoms with Crippen molar-refractivity contribution in [2.75, 3.05) is 18.8 Å². The second kappa shape index (κ2) is 5.93. The lowest BCUT2D eigenvalue weighted by atomic mass is 10.1. The molecule has 3 heteroatoms. The molecular formula is C16H27N3. The van der Waals surface area contributed by atoms with Gasteiger partial charge in [0, 0.05) is 44.0 Å². The summed E-state index contributed by atoms with van der Waals surface area (Å²) in [6, 6.07) is 7.49. The topological polar surface area (TPSA) is 32.5 Å². The van der Waals surface area contributed by atoms with Crippen molar-refractivity contribution in [1.29, 1.82) is 0 Å². The number of anilines is 1. The van der Waals surface area contributed by atoms with Crippen molar-refractivity contribution in [3.05, 3.63) is 29.3 Å². The molecule has 0 atom stereocenters. The van der Waals surface area contributed by atoms with Crippen molar-refractivity contribution < 1.29 is 0 Å². The molecule has 1 aliphatic rings. The molecule has 106 valence electrons. The molecule has 0 unspecified atom stereocenters. The maximum atomic E-state index is 6.05. The van der Waals surface area contributed by atoms with Crippen LogP contribution in [0, 0.1) is 0 Å². The Kier molecular flexibility index (Phi) is 4.48. The molecule has 0 aromatic heterocycles. The summed E-state index contributed by atoms with van der Waals surface area (Å²) < 4.78 is 0. The van der Waals surface area contributed by atoms with Crippen LogP contribution in [0.4, 0.5) is 5.69 Å². The molecular weight excluding hydrogens is 234 g/mol. The Morgan fingerprint density at radius 3 is 2.42 bits per heavy atom. The van der Waals surface area contributed by atoms with Crippen LogP contribution in [0.5, 0.6) is 0 Å². The number of hydrogen-bond acceptors (Lipinski definition) is 3. The highest BCUT2D eigenvalue weighted by molar-refractivity contribution is 5.52. The van der Waals surface area contributed by atoms with Crippen molar-refractivity contribution in [2.45, 2.75) is 52.9 Å². The Bertz CT molecular complexity index is 418. The van der Waals surface area contributed by atoms with Crippen molar-refractivity contribution >= 4 is 5.69 Å². The van der Waals surface area contributed by atoms with E-state index >= 15 is 0 Å². The van der Waals surface area contributed by atoms with Gasteiger partial charge in [-0.1, -0.05) is 12.1 Å². The second-order valence-electron chi connectivity index (χ2n) is 6.12. The number of nitrogens with two attached hydrogens (primary N) is 1. The zero-order valence-electron chi connectivity index (χ0n) is 12.7. The highest BCUT2D eigenvalue weighted by Gasteiger charge is 2.22. The maximum Gasteiger partial charge on any atom is 0.0363 e. The number of rotatable bonds is 5. The van der Waals surface area contributed by atoms with Crippen LogP contribution in [0.3, 0.4) is 0 Å². The third-order valence-corrected chi connectivity index (χ3v) is 4.09. The first kappa shape index (κ1) is 14.4. The number of fused-ring (bicyclic) bond motifs is 1. The lowest BCUT2D eigenvalue weighted by molar-refractivity contribution is 0.143. The summed E-state index contributed by atoms with van der Waals surface area (Å²) in [4.78, 5) is 5.05. The molecule has 0 aliphatic carbocycles. The molecule has 1 heterocycles. The summed E-state index contributed by atoms with van der Waals surface area (Å²) in [6.45, 7) is 13.4. The quantitative estimate of drug-likeness (QED) is 0.827. The van der Waals surface area contributed by atoms with Crippen molar-refractivity contribution in [3.8, 4) is 0 Å². The number of benzene rings is 1. The summed E-state index contributed by atoms with van der Waals surface area (Å²) in [5, 5.41) is 0. The molecule has 0 bridgehead atoms. The van der Waals surface area contributed by atoms with Gasteiger partial charge in [0.15, 0.2) is 0 Å². The number of hydrogen-bond donors (Lipinski definition) is 1. The van der Waals surface area contributed by atoms with Gasteiger partial charge in [0.2, 0.25) is 0 Å². The summed E-state index contributed by atoms with van der Waals surface area (Å²) in [5.74, 6) is 0. The van der Waals surface area contributed by atoms with E-state index in [2.05, 4.69) is 49.6 Å². The van der Waals surface area contributed by atoms with E-state index in [0.717, 1.165) is 31.9 Å². The molecule has 2 N–H and O–H groups in total. The smallest absolute Gasteiger partial charge is 0.0363 e. The fourth-order valence-corrected chi connectivity index (χ4v) is 3.04.